The lowest BCUT2D eigenvalue weighted by Gasteiger charge is -2.15. The van der Waals surface area contributed by atoms with Gasteiger partial charge in [0, 0.05) is 19.1 Å². The Morgan fingerprint density at radius 2 is 1.96 bits per heavy atom. The summed E-state index contributed by atoms with van der Waals surface area (Å²) in [6.45, 7) is 7.80. The van der Waals surface area contributed by atoms with Gasteiger partial charge < -0.3 is 15.0 Å². The van der Waals surface area contributed by atoms with Gasteiger partial charge in [0.15, 0.2) is 0 Å². The highest BCUT2D eigenvalue weighted by atomic mass is 16.5. The van der Waals surface area contributed by atoms with Gasteiger partial charge in [-0.05, 0) is 62.4 Å². The molecule has 0 amide bonds. The summed E-state index contributed by atoms with van der Waals surface area (Å²) >= 11 is 0. The number of benzene rings is 1. The van der Waals surface area contributed by atoms with Crippen molar-refractivity contribution in [1.82, 2.24) is 10.2 Å². The molecule has 128 valence electrons. The van der Waals surface area contributed by atoms with E-state index in [2.05, 4.69) is 41.4 Å². The molecule has 1 atom stereocenters. The van der Waals surface area contributed by atoms with Gasteiger partial charge >= 0.3 is 0 Å². The van der Waals surface area contributed by atoms with Crippen molar-refractivity contribution in [1.29, 1.82) is 0 Å². The molecule has 1 aliphatic carbocycles. The van der Waals surface area contributed by atoms with Gasteiger partial charge in [0.1, 0.15) is 5.75 Å². The third kappa shape index (κ3) is 5.50. The molecule has 1 aliphatic heterocycles. The molecule has 0 radical (unpaired) electrons. The first-order valence-electron chi connectivity index (χ1n) is 9.51. The lowest BCUT2D eigenvalue weighted by atomic mass is 10.1. The Labute approximate surface area is 141 Å². The van der Waals surface area contributed by atoms with E-state index in [4.69, 9.17) is 4.74 Å². The van der Waals surface area contributed by atoms with E-state index in [1.54, 1.807) is 0 Å². The second-order valence-electron chi connectivity index (χ2n) is 7.21. The summed E-state index contributed by atoms with van der Waals surface area (Å²) in [7, 11) is 0. The molecule has 1 unspecified atom stereocenters. The fourth-order valence-electron chi connectivity index (χ4n) is 3.47. The van der Waals surface area contributed by atoms with E-state index >= 15 is 0 Å². The number of ether oxygens (including phenoxy) is 1. The second-order valence-corrected chi connectivity index (χ2v) is 7.21. The topological polar surface area (TPSA) is 24.5 Å². The first-order chi connectivity index (χ1) is 11.3. The Bertz CT molecular complexity index is 455. The van der Waals surface area contributed by atoms with Gasteiger partial charge in [0.2, 0.25) is 0 Å². The molecule has 0 bridgehead atoms. The number of unbranched alkanes of at least 4 members (excludes halogenated alkanes) is 2. The highest BCUT2D eigenvalue weighted by Crippen LogP contribution is 2.31. The molecular weight excluding hydrogens is 284 g/mol. The van der Waals surface area contributed by atoms with Crippen LogP contribution in [0.25, 0.3) is 0 Å². The van der Waals surface area contributed by atoms with Crippen LogP contribution in [0.2, 0.25) is 0 Å². The third-order valence-electron chi connectivity index (χ3n) is 5.08. The maximum atomic E-state index is 5.76. The number of nitrogens with zero attached hydrogens (tertiary/aromatic N) is 1. The van der Waals surface area contributed by atoms with Crippen molar-refractivity contribution in [2.45, 2.75) is 58.0 Å². The monoisotopic (exact) mass is 316 g/mol. The van der Waals surface area contributed by atoms with E-state index in [0.717, 1.165) is 43.8 Å². The molecule has 3 heteroatoms. The van der Waals surface area contributed by atoms with Gasteiger partial charge in [0.25, 0.3) is 0 Å². The Morgan fingerprint density at radius 3 is 2.70 bits per heavy atom. The van der Waals surface area contributed by atoms with E-state index < -0.39 is 0 Å². The van der Waals surface area contributed by atoms with Crippen LogP contribution in [0, 0.1) is 5.92 Å². The van der Waals surface area contributed by atoms with Crippen LogP contribution in [0.15, 0.2) is 24.3 Å². The van der Waals surface area contributed by atoms with Crippen molar-refractivity contribution >= 4 is 0 Å². The first kappa shape index (κ1) is 16.8. The minimum Gasteiger partial charge on any atom is -0.494 e. The van der Waals surface area contributed by atoms with Crippen molar-refractivity contribution in [3.63, 3.8) is 0 Å². The molecule has 3 rings (SSSR count). The fraction of sp³-hybridized carbons (Fsp3) is 0.700. The van der Waals surface area contributed by atoms with Crippen LogP contribution >= 0.6 is 0 Å². The summed E-state index contributed by atoms with van der Waals surface area (Å²) in [6, 6.07) is 9.52. The number of rotatable bonds is 10. The van der Waals surface area contributed by atoms with Crippen LogP contribution in [0.5, 0.6) is 5.75 Å². The van der Waals surface area contributed by atoms with E-state index in [1.165, 1.54) is 50.8 Å². The van der Waals surface area contributed by atoms with E-state index in [-0.39, 0.29) is 0 Å². The summed E-state index contributed by atoms with van der Waals surface area (Å²) in [6.07, 6.45) is 7.89. The van der Waals surface area contributed by atoms with Gasteiger partial charge in [-0.15, -0.1) is 0 Å². The van der Waals surface area contributed by atoms with Crippen LogP contribution < -0.4 is 10.1 Å². The van der Waals surface area contributed by atoms with Crippen molar-refractivity contribution in [2.24, 2.45) is 5.92 Å². The quantitative estimate of drug-likeness (QED) is 0.664. The van der Waals surface area contributed by atoms with Crippen LogP contribution in [0.1, 0.15) is 51.0 Å². The fourth-order valence-corrected chi connectivity index (χ4v) is 3.47. The molecule has 2 aliphatic rings. The zero-order valence-corrected chi connectivity index (χ0v) is 14.6. The Kier molecular flexibility index (Phi) is 6.35. The predicted molar refractivity (Wildman–Crippen MR) is 95.9 cm³/mol. The third-order valence-corrected chi connectivity index (χ3v) is 5.08. The molecule has 3 nitrogen and oxygen atoms in total. The maximum absolute atomic E-state index is 5.76. The van der Waals surface area contributed by atoms with Gasteiger partial charge in [-0.1, -0.05) is 31.9 Å². The second kappa shape index (κ2) is 8.70. The normalized spacial score (nSPS) is 21.7. The van der Waals surface area contributed by atoms with E-state index in [0.29, 0.717) is 0 Å². The first-order valence-corrected chi connectivity index (χ1v) is 9.51. The molecule has 0 spiro atoms. The Morgan fingerprint density at radius 1 is 1.13 bits per heavy atom. The summed E-state index contributed by atoms with van der Waals surface area (Å²) < 4.78 is 5.76. The summed E-state index contributed by atoms with van der Waals surface area (Å²) in [5, 5.41) is 3.64. The number of likely N-dealkylation sites (tertiary alicyclic amines) is 1. The number of hydrogen-bond acceptors (Lipinski definition) is 3. The number of nitrogens with one attached hydrogen (secondary N) is 1. The lowest BCUT2D eigenvalue weighted by Crippen LogP contribution is -2.27. The smallest absolute Gasteiger partial charge is 0.119 e. The van der Waals surface area contributed by atoms with Crippen LogP contribution in [0.3, 0.4) is 0 Å². The van der Waals surface area contributed by atoms with E-state index in [9.17, 15) is 0 Å². The Hall–Kier alpha value is -1.06. The molecule has 1 saturated heterocycles. The van der Waals surface area contributed by atoms with E-state index in [1.807, 2.05) is 0 Å². The minimum absolute atomic E-state index is 0.838. The van der Waals surface area contributed by atoms with Gasteiger partial charge in [-0.25, -0.2) is 0 Å². The highest BCUT2D eigenvalue weighted by Gasteiger charge is 2.33. The van der Waals surface area contributed by atoms with Crippen molar-refractivity contribution in [3.05, 3.63) is 29.8 Å². The minimum atomic E-state index is 0.838. The zero-order valence-electron chi connectivity index (χ0n) is 14.6. The van der Waals surface area contributed by atoms with Gasteiger partial charge in [-0.3, -0.25) is 0 Å². The molecule has 1 heterocycles. The van der Waals surface area contributed by atoms with Crippen LogP contribution in [-0.4, -0.2) is 37.2 Å². The summed E-state index contributed by atoms with van der Waals surface area (Å²) in [5.41, 5.74) is 1.35. The van der Waals surface area contributed by atoms with Crippen molar-refractivity contribution < 1.29 is 4.74 Å². The largest absolute Gasteiger partial charge is 0.494 e. The molecule has 1 aromatic carbocycles. The molecule has 2 fully saturated rings. The molecule has 0 aromatic heterocycles. The molecule has 1 saturated carbocycles. The standard InChI is InChI=1S/C20H32N2O/c1-2-3-4-13-23-20-9-5-17(6-10-20)14-21-15-18-11-12-22(16-18)19-7-8-19/h5-6,9-10,18-19,21H,2-4,7-8,11-16H2,1H3. The molecular formula is C20H32N2O. The SMILES string of the molecule is CCCCCOc1ccc(CNCC2CCN(C3CC3)C2)cc1. The molecule has 1 aromatic rings. The highest BCUT2D eigenvalue weighted by molar-refractivity contribution is 5.27. The zero-order chi connectivity index (χ0) is 15.9. The van der Waals surface area contributed by atoms with Crippen molar-refractivity contribution in [3.8, 4) is 5.75 Å². The summed E-state index contributed by atoms with van der Waals surface area (Å²) in [4.78, 5) is 2.69. The van der Waals surface area contributed by atoms with Gasteiger partial charge in [0.05, 0.1) is 6.61 Å². The Balaban J connectivity index is 1.31. The van der Waals surface area contributed by atoms with Crippen LogP contribution in [-0.2, 0) is 6.54 Å². The average Bonchev–Trinajstić information content (AvgIpc) is 3.32. The summed E-state index contributed by atoms with van der Waals surface area (Å²) in [5.74, 6) is 1.84. The van der Waals surface area contributed by atoms with Crippen molar-refractivity contribution in [2.75, 3.05) is 26.2 Å². The predicted octanol–water partition coefficient (Wildman–Crippen LogP) is 3.83. The average molecular weight is 316 g/mol. The molecule has 23 heavy (non-hydrogen) atoms. The number of hydrogen-bond donors (Lipinski definition) is 1. The van der Waals surface area contributed by atoms with Gasteiger partial charge in [-0.2, -0.15) is 0 Å². The lowest BCUT2D eigenvalue weighted by molar-refractivity contribution is 0.306. The van der Waals surface area contributed by atoms with Crippen LogP contribution in [0.4, 0.5) is 0 Å². The molecule has 1 N–H and O–H groups in total. The maximum Gasteiger partial charge on any atom is 0.119 e.